The molecule has 0 spiro atoms. The van der Waals surface area contributed by atoms with Gasteiger partial charge in [-0.2, -0.15) is 0 Å². The average Bonchev–Trinajstić information content (AvgIpc) is 3.10. The molecule has 150 valence electrons. The zero-order chi connectivity index (χ0) is 21.4. The van der Waals surface area contributed by atoms with Crippen LogP contribution in [-0.4, -0.2) is 48.3 Å². The lowest BCUT2D eigenvalue weighted by molar-refractivity contribution is -0.136. The van der Waals surface area contributed by atoms with Gasteiger partial charge in [-0.15, -0.1) is 0 Å². The van der Waals surface area contributed by atoms with Gasteiger partial charge in [0.25, 0.3) is 0 Å². The number of hydrogen-bond donors (Lipinski definition) is 5. The van der Waals surface area contributed by atoms with Gasteiger partial charge < -0.3 is 25.4 Å². The van der Waals surface area contributed by atoms with Crippen LogP contribution in [0.1, 0.15) is 23.1 Å². The number of aliphatic hydroxyl groups is 1. The Hall–Kier alpha value is -3.98. The number of hydrogen-bond acceptors (Lipinski definition) is 5. The van der Waals surface area contributed by atoms with E-state index in [0.717, 1.165) is 11.1 Å². The van der Waals surface area contributed by atoms with E-state index in [2.05, 4.69) is 9.97 Å². The summed E-state index contributed by atoms with van der Waals surface area (Å²) in [5.41, 5.74) is 2.87. The number of aliphatic carboxylic acids is 3. The first-order valence-electron chi connectivity index (χ1n) is 8.33. The molecule has 3 rings (SSSR count). The molecule has 1 aromatic heterocycles. The highest BCUT2D eigenvalue weighted by Crippen LogP contribution is 2.22. The van der Waals surface area contributed by atoms with Gasteiger partial charge in [0.15, 0.2) is 0 Å². The Morgan fingerprint density at radius 2 is 1.59 bits per heavy atom. The smallest absolute Gasteiger partial charge is 0.328 e. The molecule has 0 amide bonds. The second kappa shape index (κ2) is 9.81. The molecular formula is C20H18N2O7. The van der Waals surface area contributed by atoms with Crippen LogP contribution in [0.15, 0.2) is 60.7 Å². The minimum absolute atomic E-state index is 0.0362. The van der Waals surface area contributed by atoms with Crippen molar-refractivity contribution in [2.45, 2.75) is 12.5 Å². The van der Waals surface area contributed by atoms with E-state index in [4.69, 9.17) is 15.3 Å². The summed E-state index contributed by atoms with van der Waals surface area (Å²) in [6.45, 7) is 0. The lowest BCUT2D eigenvalue weighted by atomic mass is 10.1. The second-order valence-corrected chi connectivity index (χ2v) is 5.87. The number of carboxylic acid groups (broad SMARTS) is 3. The van der Waals surface area contributed by atoms with Crippen LogP contribution in [-0.2, 0) is 20.8 Å². The fourth-order valence-corrected chi connectivity index (χ4v) is 2.43. The molecule has 9 heteroatoms. The van der Waals surface area contributed by atoms with Crippen molar-refractivity contribution in [2.75, 3.05) is 0 Å². The third kappa shape index (κ3) is 6.60. The van der Waals surface area contributed by atoms with Gasteiger partial charge in [-0.3, -0.25) is 4.79 Å². The number of aliphatic hydroxyl groups excluding tert-OH is 1. The van der Waals surface area contributed by atoms with Crippen LogP contribution in [0.4, 0.5) is 0 Å². The van der Waals surface area contributed by atoms with Crippen molar-refractivity contribution in [2.24, 2.45) is 0 Å². The van der Waals surface area contributed by atoms with E-state index >= 15 is 0 Å². The highest BCUT2D eigenvalue weighted by atomic mass is 16.4. The molecule has 2 aromatic carbocycles. The summed E-state index contributed by atoms with van der Waals surface area (Å²) in [5.74, 6) is -2.94. The molecule has 1 heterocycles. The molecule has 0 radical (unpaired) electrons. The molecule has 29 heavy (non-hydrogen) atoms. The molecule has 3 aromatic rings. The lowest BCUT2D eigenvalue weighted by Crippen LogP contribution is -2.01. The fourth-order valence-electron chi connectivity index (χ4n) is 2.43. The summed E-state index contributed by atoms with van der Waals surface area (Å²) < 4.78 is 0. The quantitative estimate of drug-likeness (QED) is 0.394. The molecule has 9 nitrogen and oxygen atoms in total. The number of H-pyrrole nitrogens is 1. The zero-order valence-corrected chi connectivity index (χ0v) is 15.0. The van der Waals surface area contributed by atoms with Crippen LogP contribution < -0.4 is 0 Å². The Bertz CT molecular complexity index is 1030. The maximum atomic E-state index is 10.7. The number of aromatic nitrogens is 2. The van der Waals surface area contributed by atoms with Gasteiger partial charge in [-0.25, -0.2) is 14.6 Å². The molecule has 0 saturated carbocycles. The van der Waals surface area contributed by atoms with E-state index in [1.54, 1.807) is 18.2 Å². The number of aromatic amines is 1. The highest BCUT2D eigenvalue weighted by Gasteiger charge is 2.15. The summed E-state index contributed by atoms with van der Waals surface area (Å²) in [5, 5.41) is 34.8. The van der Waals surface area contributed by atoms with E-state index in [9.17, 15) is 19.5 Å². The normalized spacial score (nSPS) is 11.6. The second-order valence-electron chi connectivity index (χ2n) is 5.87. The van der Waals surface area contributed by atoms with Crippen LogP contribution in [0, 0.1) is 0 Å². The largest absolute Gasteiger partial charge is 0.481 e. The molecule has 0 saturated heterocycles. The number of imidazole rings is 1. The van der Waals surface area contributed by atoms with Crippen LogP contribution in [0.3, 0.4) is 0 Å². The monoisotopic (exact) mass is 398 g/mol. The Labute approximate surface area is 164 Å². The van der Waals surface area contributed by atoms with Crippen molar-refractivity contribution in [3.63, 3.8) is 0 Å². The Kier molecular flexibility index (Phi) is 7.21. The maximum Gasteiger partial charge on any atom is 0.328 e. The Morgan fingerprint density at radius 3 is 2.14 bits per heavy atom. The minimum atomic E-state index is -1.26. The zero-order valence-electron chi connectivity index (χ0n) is 15.0. The van der Waals surface area contributed by atoms with Gasteiger partial charge in [0.1, 0.15) is 11.9 Å². The fraction of sp³-hybridized carbons (Fsp3) is 0.100. The third-order valence-electron chi connectivity index (χ3n) is 3.66. The molecule has 0 fully saturated rings. The molecule has 0 aliphatic carbocycles. The van der Waals surface area contributed by atoms with Gasteiger partial charge in [-0.05, 0) is 23.3 Å². The van der Waals surface area contributed by atoms with E-state index in [-0.39, 0.29) is 6.42 Å². The van der Waals surface area contributed by atoms with E-state index in [1.165, 1.54) is 0 Å². The average molecular weight is 398 g/mol. The summed E-state index contributed by atoms with van der Waals surface area (Å²) >= 11 is 0. The maximum absolute atomic E-state index is 10.7. The first-order chi connectivity index (χ1) is 13.8. The first-order valence-corrected chi connectivity index (χ1v) is 8.33. The van der Waals surface area contributed by atoms with Gasteiger partial charge in [-0.1, -0.05) is 36.4 Å². The third-order valence-corrected chi connectivity index (χ3v) is 3.66. The van der Waals surface area contributed by atoms with Crippen molar-refractivity contribution in [3.05, 3.63) is 77.6 Å². The number of benzene rings is 2. The minimum Gasteiger partial charge on any atom is -0.481 e. The van der Waals surface area contributed by atoms with Gasteiger partial charge in [0.05, 0.1) is 17.5 Å². The summed E-state index contributed by atoms with van der Waals surface area (Å²) in [4.78, 5) is 37.3. The van der Waals surface area contributed by atoms with Crippen molar-refractivity contribution in [3.8, 4) is 0 Å². The SMILES string of the molecule is O=C(O)/C=C/C(=O)O.O=C(O)Cc1ccc2nc(C(O)c3ccccc3)[nH]c2c1. The Morgan fingerprint density at radius 1 is 0.966 bits per heavy atom. The number of nitrogens with one attached hydrogen (secondary N) is 1. The van der Waals surface area contributed by atoms with Crippen molar-refractivity contribution < 1.29 is 34.8 Å². The number of carboxylic acids is 3. The van der Waals surface area contributed by atoms with Crippen LogP contribution in [0.25, 0.3) is 11.0 Å². The van der Waals surface area contributed by atoms with Crippen molar-refractivity contribution in [1.29, 1.82) is 0 Å². The summed E-state index contributed by atoms with van der Waals surface area (Å²) in [6.07, 6.45) is 0.248. The first kappa shape index (κ1) is 21.3. The molecule has 1 unspecified atom stereocenters. The predicted octanol–water partition coefficient (Wildman–Crippen LogP) is 1.98. The number of fused-ring (bicyclic) bond motifs is 1. The molecule has 1 atom stereocenters. The van der Waals surface area contributed by atoms with Crippen LogP contribution in [0.2, 0.25) is 0 Å². The molecule has 0 bridgehead atoms. The predicted molar refractivity (Wildman–Crippen MR) is 102 cm³/mol. The van der Waals surface area contributed by atoms with Crippen molar-refractivity contribution in [1.82, 2.24) is 9.97 Å². The molecular weight excluding hydrogens is 380 g/mol. The van der Waals surface area contributed by atoms with Gasteiger partial charge >= 0.3 is 17.9 Å². The number of nitrogens with zero attached hydrogens (tertiary/aromatic N) is 1. The van der Waals surface area contributed by atoms with Gasteiger partial charge in [0, 0.05) is 12.2 Å². The van der Waals surface area contributed by atoms with Crippen LogP contribution >= 0.6 is 0 Å². The van der Waals surface area contributed by atoms with E-state index in [0.29, 0.717) is 29.1 Å². The number of rotatable bonds is 6. The summed E-state index contributed by atoms with van der Waals surface area (Å²) in [6, 6.07) is 14.5. The topological polar surface area (TPSA) is 161 Å². The molecule has 5 N–H and O–H groups in total. The molecule has 0 aliphatic heterocycles. The van der Waals surface area contributed by atoms with E-state index < -0.39 is 24.0 Å². The van der Waals surface area contributed by atoms with Crippen LogP contribution in [0.5, 0.6) is 0 Å². The molecule has 0 aliphatic rings. The lowest BCUT2D eigenvalue weighted by Gasteiger charge is -2.06. The van der Waals surface area contributed by atoms with Gasteiger partial charge in [0.2, 0.25) is 0 Å². The highest BCUT2D eigenvalue weighted by molar-refractivity contribution is 5.89. The van der Waals surface area contributed by atoms with E-state index in [1.807, 2.05) is 30.3 Å². The standard InChI is InChI=1S/C16H14N2O3.C4H4O4/c19-14(20)9-10-6-7-12-13(8-10)18-16(17-12)15(21)11-4-2-1-3-5-11;5-3(6)1-2-4(7)8/h1-8,15,21H,9H2,(H,17,18)(H,19,20);1-2H,(H,5,6)(H,7,8)/b;2-1+. The number of carbonyl (C=O) groups is 3. The summed E-state index contributed by atoms with van der Waals surface area (Å²) in [7, 11) is 0. The Balaban J connectivity index is 0.000000321. The van der Waals surface area contributed by atoms with Crippen molar-refractivity contribution >= 4 is 28.9 Å².